The minimum Gasteiger partial charge on any atom is -0.381 e. The zero-order valence-corrected chi connectivity index (χ0v) is 18.7. The highest BCUT2D eigenvalue weighted by molar-refractivity contribution is 6.00. The average Bonchev–Trinajstić information content (AvgIpc) is 2.98. The highest BCUT2D eigenvalue weighted by Crippen LogP contribution is 2.42. The Kier molecular flexibility index (Phi) is 5.26. The van der Waals surface area contributed by atoms with E-state index in [1.165, 1.54) is 0 Å². The molecule has 0 unspecified atom stereocenters. The maximum Gasteiger partial charge on any atom is 0.230 e. The van der Waals surface area contributed by atoms with Gasteiger partial charge in [0.1, 0.15) is 5.82 Å². The highest BCUT2D eigenvalue weighted by Gasteiger charge is 2.40. The molecule has 7 nitrogen and oxygen atoms in total. The van der Waals surface area contributed by atoms with Gasteiger partial charge < -0.3 is 19.9 Å². The molecule has 32 heavy (non-hydrogen) atoms. The fraction of sp³-hybridized carbons (Fsp3) is 0.480. The molecule has 1 amide bonds. The van der Waals surface area contributed by atoms with Gasteiger partial charge in [-0.15, -0.1) is 0 Å². The second-order valence-corrected chi connectivity index (χ2v) is 9.50. The van der Waals surface area contributed by atoms with Gasteiger partial charge in [0, 0.05) is 43.6 Å². The van der Waals surface area contributed by atoms with Crippen molar-refractivity contribution < 1.29 is 9.53 Å². The van der Waals surface area contributed by atoms with Crippen molar-refractivity contribution in [3.63, 3.8) is 0 Å². The number of benzene rings is 1. The largest absolute Gasteiger partial charge is 0.381 e. The molecule has 3 heterocycles. The number of hydrogen-bond acceptors (Lipinski definition) is 6. The Bertz CT molecular complexity index is 1060. The zero-order valence-electron chi connectivity index (χ0n) is 18.7. The van der Waals surface area contributed by atoms with E-state index in [0.29, 0.717) is 19.6 Å². The molecule has 166 valence electrons. The van der Waals surface area contributed by atoms with Crippen LogP contribution in [0, 0.1) is 22.7 Å². The monoisotopic (exact) mass is 431 g/mol. The van der Waals surface area contributed by atoms with E-state index in [1.54, 1.807) is 13.3 Å². The first-order valence-corrected chi connectivity index (χ1v) is 11.3. The molecule has 2 fully saturated rings. The van der Waals surface area contributed by atoms with Crippen molar-refractivity contribution in [2.45, 2.75) is 45.3 Å². The Hall–Kier alpha value is -3.11. The second kappa shape index (κ2) is 8.10. The van der Waals surface area contributed by atoms with Crippen LogP contribution < -0.4 is 15.1 Å². The molecule has 2 aliphatic heterocycles. The summed E-state index contributed by atoms with van der Waals surface area (Å²) in [4.78, 5) is 22.4. The van der Waals surface area contributed by atoms with Gasteiger partial charge in [0.2, 0.25) is 5.91 Å². The second-order valence-electron chi connectivity index (χ2n) is 9.50. The van der Waals surface area contributed by atoms with Gasteiger partial charge in [0.05, 0.1) is 35.5 Å². The van der Waals surface area contributed by atoms with E-state index in [2.05, 4.69) is 33.4 Å². The van der Waals surface area contributed by atoms with Gasteiger partial charge in [-0.25, -0.2) is 4.98 Å². The number of carbonyl (C=O) groups excluding carboxylic acids is 1. The summed E-state index contributed by atoms with van der Waals surface area (Å²) in [5.74, 6) is 0.963. The van der Waals surface area contributed by atoms with Gasteiger partial charge in [-0.3, -0.25) is 4.79 Å². The smallest absolute Gasteiger partial charge is 0.230 e. The van der Waals surface area contributed by atoms with Crippen molar-refractivity contribution in [2.75, 3.05) is 35.3 Å². The van der Waals surface area contributed by atoms with Crippen LogP contribution in [0.1, 0.15) is 38.2 Å². The lowest BCUT2D eigenvalue weighted by Crippen LogP contribution is -2.54. The quantitative estimate of drug-likeness (QED) is 0.783. The number of anilines is 4. The summed E-state index contributed by atoms with van der Waals surface area (Å²) in [5, 5.41) is 12.8. The molecule has 1 aromatic heterocycles. The van der Waals surface area contributed by atoms with Crippen molar-refractivity contribution in [2.24, 2.45) is 11.3 Å². The summed E-state index contributed by atoms with van der Waals surface area (Å²) in [6.07, 6.45) is 5.57. The van der Waals surface area contributed by atoms with Gasteiger partial charge in [0.25, 0.3) is 0 Å². The SMILES string of the molecule is COC1CCC(C(=O)N2Cc3cccnc3Nc3ccc(N4CC(C)(C#N)C4)cc32)CC1. The number of nitrogens with one attached hydrogen (secondary N) is 1. The Morgan fingerprint density at radius 3 is 2.75 bits per heavy atom. The maximum absolute atomic E-state index is 13.8. The third kappa shape index (κ3) is 3.69. The Morgan fingerprint density at radius 2 is 2.03 bits per heavy atom. The number of amides is 1. The molecule has 7 heteroatoms. The van der Waals surface area contributed by atoms with Gasteiger partial charge in [-0.2, -0.15) is 5.26 Å². The first-order valence-electron chi connectivity index (χ1n) is 11.3. The normalized spacial score (nSPS) is 23.7. The van der Waals surface area contributed by atoms with Crippen LogP contribution in [-0.4, -0.2) is 37.2 Å². The number of rotatable bonds is 3. The fourth-order valence-corrected chi connectivity index (χ4v) is 5.12. The Balaban J connectivity index is 1.48. The fourth-order valence-electron chi connectivity index (χ4n) is 5.12. The van der Waals surface area contributed by atoms with Crippen LogP contribution in [0.4, 0.5) is 22.9 Å². The molecule has 1 saturated carbocycles. The van der Waals surface area contributed by atoms with Crippen molar-refractivity contribution in [1.82, 2.24) is 4.98 Å². The molecule has 1 N–H and O–H groups in total. The van der Waals surface area contributed by atoms with Crippen LogP contribution in [0.2, 0.25) is 0 Å². The Labute approximate surface area is 189 Å². The lowest BCUT2D eigenvalue weighted by Gasteiger charge is -2.45. The van der Waals surface area contributed by atoms with E-state index in [9.17, 15) is 10.1 Å². The van der Waals surface area contributed by atoms with Crippen LogP contribution in [-0.2, 0) is 16.1 Å². The van der Waals surface area contributed by atoms with Gasteiger partial charge in [0.15, 0.2) is 0 Å². The summed E-state index contributed by atoms with van der Waals surface area (Å²) < 4.78 is 5.50. The van der Waals surface area contributed by atoms with Crippen LogP contribution in [0.25, 0.3) is 0 Å². The molecule has 5 rings (SSSR count). The third-order valence-corrected chi connectivity index (χ3v) is 7.08. The molecule has 1 aliphatic carbocycles. The number of pyridine rings is 1. The first-order chi connectivity index (χ1) is 15.5. The summed E-state index contributed by atoms with van der Waals surface area (Å²) in [5.41, 5.74) is 3.50. The summed E-state index contributed by atoms with van der Waals surface area (Å²) >= 11 is 0. The minimum absolute atomic E-state index is 0.00187. The molecule has 3 aliphatic rings. The molecule has 0 bridgehead atoms. The predicted octanol–water partition coefficient (Wildman–Crippen LogP) is 4.23. The predicted molar refractivity (Wildman–Crippen MR) is 124 cm³/mol. The van der Waals surface area contributed by atoms with Crippen LogP contribution in [0.3, 0.4) is 0 Å². The van der Waals surface area contributed by atoms with E-state index in [4.69, 9.17) is 4.74 Å². The standard InChI is InChI=1S/C25H29N5O2/c1-25(14-26)15-29(16-25)19-7-10-21-22(12-19)30(13-18-4-3-11-27-23(18)28-21)24(31)17-5-8-20(32-2)9-6-17/h3-4,7,10-12,17,20H,5-6,8-9,13,15-16H2,1-2H3,(H,27,28). The molecular weight excluding hydrogens is 402 g/mol. The summed E-state index contributed by atoms with van der Waals surface area (Å²) in [6.45, 7) is 3.88. The number of hydrogen-bond donors (Lipinski definition) is 1. The van der Waals surface area contributed by atoms with E-state index >= 15 is 0 Å². The van der Waals surface area contributed by atoms with Gasteiger partial charge >= 0.3 is 0 Å². The van der Waals surface area contributed by atoms with Crippen molar-refractivity contribution in [1.29, 1.82) is 5.26 Å². The van der Waals surface area contributed by atoms with Crippen molar-refractivity contribution in [3.8, 4) is 6.07 Å². The summed E-state index contributed by atoms with van der Waals surface area (Å²) in [7, 11) is 1.75. The highest BCUT2D eigenvalue weighted by atomic mass is 16.5. The van der Waals surface area contributed by atoms with E-state index in [1.807, 2.05) is 30.0 Å². The number of methoxy groups -OCH3 is 1. The zero-order chi connectivity index (χ0) is 22.3. The maximum atomic E-state index is 13.8. The number of fused-ring (bicyclic) bond motifs is 2. The number of nitrogens with zero attached hydrogens (tertiary/aromatic N) is 4. The number of aromatic nitrogens is 1. The van der Waals surface area contributed by atoms with E-state index in [0.717, 1.165) is 54.1 Å². The number of ether oxygens (including phenoxy) is 1. The molecule has 2 aromatic rings. The van der Waals surface area contributed by atoms with Crippen LogP contribution >= 0.6 is 0 Å². The lowest BCUT2D eigenvalue weighted by molar-refractivity contribution is -0.124. The lowest BCUT2D eigenvalue weighted by atomic mass is 9.83. The van der Waals surface area contributed by atoms with Crippen LogP contribution in [0.15, 0.2) is 36.5 Å². The first kappa shape index (κ1) is 20.8. The van der Waals surface area contributed by atoms with Gasteiger partial charge in [-0.1, -0.05) is 6.07 Å². The molecule has 0 spiro atoms. The van der Waals surface area contributed by atoms with E-state index < -0.39 is 0 Å². The summed E-state index contributed by atoms with van der Waals surface area (Å²) in [6, 6.07) is 12.5. The molecule has 0 atom stereocenters. The molecular formula is C25H29N5O2. The number of nitriles is 1. The number of carbonyl (C=O) groups is 1. The van der Waals surface area contributed by atoms with E-state index in [-0.39, 0.29) is 23.3 Å². The average molecular weight is 432 g/mol. The third-order valence-electron chi connectivity index (χ3n) is 7.08. The minimum atomic E-state index is -0.305. The molecule has 1 aromatic carbocycles. The van der Waals surface area contributed by atoms with Crippen LogP contribution in [0.5, 0.6) is 0 Å². The molecule has 0 radical (unpaired) electrons. The Morgan fingerprint density at radius 1 is 1.25 bits per heavy atom. The molecule has 1 saturated heterocycles. The van der Waals surface area contributed by atoms with Crippen molar-refractivity contribution in [3.05, 3.63) is 42.1 Å². The topological polar surface area (TPSA) is 81.5 Å². The van der Waals surface area contributed by atoms with Crippen molar-refractivity contribution >= 4 is 28.8 Å². The van der Waals surface area contributed by atoms with Gasteiger partial charge in [-0.05, 0) is 56.9 Å².